The third-order valence-corrected chi connectivity index (χ3v) is 20.0. The number of aromatic nitrogens is 1. The number of nitrogens with one attached hydrogen (secondary N) is 5. The fraction of sp³-hybridized carbons (Fsp3) is 0.600. The molecule has 2 aliphatic carbocycles. The molecule has 0 radical (unpaired) electrons. The Morgan fingerprint density at radius 2 is 1.55 bits per heavy atom. The fourth-order valence-electron chi connectivity index (χ4n) is 12.8. The minimum atomic E-state index is -0.971. The molecule has 2 saturated carbocycles. The third kappa shape index (κ3) is 14.2. The van der Waals surface area contributed by atoms with Crippen LogP contribution in [0.1, 0.15) is 149 Å². The van der Waals surface area contributed by atoms with Crippen LogP contribution < -0.4 is 32.1 Å². The van der Waals surface area contributed by atoms with Gasteiger partial charge < -0.3 is 55.7 Å². The van der Waals surface area contributed by atoms with Crippen LogP contribution >= 0.6 is 34.4 Å². The molecule has 0 spiro atoms. The van der Waals surface area contributed by atoms with E-state index in [1.54, 1.807) is 23.2 Å². The standard InChI is InChI=1S/C60H81FIN11O9S/c1-37-44-35-63-60(5,68-55(44)73(43-15-10-11-16-43)57(79)51(37)39(3)74)67-48-23-22-46(38(2)64-48)70-27-29-71(30-28-70)50(76)25-32-82-34-33-81-31-24-49(75)69(6)54(62)56(78)65-52(40-13-8-7-9-14-40)58(80)72-26-12-17-47(72)59(4)66-45(36-83-59)53(77)41-18-20-42(61)21-19-41/h18-23,35-36,38,40,43,47,52,54,64,66-68H,7-17,24-34H2,1-6H3,(H,65,78)/t38?,47-,52-,54?,59?,60?/m0/s1. The molecule has 23 heteroatoms. The number of aliphatic imine (C=N–C) groups is 1. The lowest BCUT2D eigenvalue weighted by Gasteiger charge is -2.41. The van der Waals surface area contributed by atoms with Crippen molar-refractivity contribution in [1.29, 1.82) is 0 Å². The number of anilines is 1. The maximum absolute atomic E-state index is 14.7. The number of dihydropyridines is 1. The summed E-state index contributed by atoms with van der Waals surface area (Å²) < 4.78 is 26.0. The Morgan fingerprint density at radius 1 is 0.880 bits per heavy atom. The van der Waals surface area contributed by atoms with Gasteiger partial charge in [-0.15, -0.1) is 11.8 Å². The number of Topliss-reactive ketones (excluding diaryl/α,β-unsaturated/α-hetero) is 2. The van der Waals surface area contributed by atoms with Crippen molar-refractivity contribution in [2.75, 3.05) is 71.5 Å². The van der Waals surface area contributed by atoms with Crippen LogP contribution in [0.15, 0.2) is 68.8 Å². The van der Waals surface area contributed by atoms with Gasteiger partial charge in [0, 0.05) is 74.3 Å². The van der Waals surface area contributed by atoms with Crippen LogP contribution in [0.3, 0.4) is 0 Å². The Balaban J connectivity index is 0.671. The summed E-state index contributed by atoms with van der Waals surface area (Å²) in [5.74, 6) is -1.35. The van der Waals surface area contributed by atoms with Crippen LogP contribution in [0.2, 0.25) is 0 Å². The molecule has 9 rings (SSSR count). The number of likely N-dealkylation sites (N-methyl/N-ethyl adjacent to an activating group) is 1. The van der Waals surface area contributed by atoms with Gasteiger partial charge >= 0.3 is 0 Å². The molecule has 450 valence electrons. The first kappa shape index (κ1) is 61.8. The summed E-state index contributed by atoms with van der Waals surface area (Å²) in [6.07, 6.45) is 16.0. The molecule has 5 N–H and O–H groups in total. The summed E-state index contributed by atoms with van der Waals surface area (Å²) in [6.45, 7) is 13.1. The second-order valence-electron chi connectivity index (χ2n) is 23.3. The third-order valence-electron chi connectivity index (χ3n) is 17.4. The zero-order valence-corrected chi connectivity index (χ0v) is 51.6. The van der Waals surface area contributed by atoms with Crippen molar-refractivity contribution in [3.05, 3.63) is 97.5 Å². The smallest absolute Gasteiger partial charge is 0.263 e. The van der Waals surface area contributed by atoms with Crippen LogP contribution in [0.4, 0.5) is 10.2 Å². The van der Waals surface area contributed by atoms with Gasteiger partial charge in [-0.25, -0.2) is 9.38 Å². The van der Waals surface area contributed by atoms with E-state index < -0.39 is 32.5 Å². The normalized spacial score (nSPS) is 24.3. The lowest BCUT2D eigenvalue weighted by molar-refractivity contribution is -0.141. The van der Waals surface area contributed by atoms with Crippen LogP contribution in [0.5, 0.6) is 0 Å². The van der Waals surface area contributed by atoms with E-state index in [-0.39, 0.29) is 104 Å². The zero-order valence-electron chi connectivity index (χ0n) is 48.7. The zero-order chi connectivity index (χ0) is 59.2. The number of nitrogens with zero attached hydrogens (tertiary/aromatic N) is 6. The number of halogens is 2. The average Bonchev–Trinajstić information content (AvgIpc) is 4.06. The van der Waals surface area contributed by atoms with Crippen molar-refractivity contribution < 1.29 is 42.6 Å². The molecule has 1 aromatic carbocycles. The summed E-state index contributed by atoms with van der Waals surface area (Å²) in [6, 6.07) is 4.37. The van der Waals surface area contributed by atoms with Gasteiger partial charge in [-0.3, -0.25) is 38.1 Å². The summed E-state index contributed by atoms with van der Waals surface area (Å²) in [5, 5.41) is 18.9. The predicted molar refractivity (Wildman–Crippen MR) is 325 cm³/mol. The molecule has 4 unspecified atom stereocenters. The number of carbonyl (C=O) groups excluding carboxylic acids is 6. The highest BCUT2D eigenvalue weighted by molar-refractivity contribution is 14.1. The highest BCUT2D eigenvalue weighted by Crippen LogP contribution is 2.43. The largest absolute Gasteiger partial charge is 0.379 e. The lowest BCUT2D eigenvalue weighted by atomic mass is 9.83. The van der Waals surface area contributed by atoms with Crippen LogP contribution in [-0.4, -0.2) is 165 Å². The molecule has 7 aliphatic rings. The van der Waals surface area contributed by atoms with E-state index in [2.05, 4.69) is 44.5 Å². The molecular formula is C60H81FIN11O9S. The van der Waals surface area contributed by atoms with Crippen LogP contribution in [0, 0.1) is 18.7 Å². The van der Waals surface area contributed by atoms with Gasteiger partial charge in [-0.2, -0.15) is 0 Å². The minimum Gasteiger partial charge on any atom is -0.379 e. The van der Waals surface area contributed by atoms with Crippen molar-refractivity contribution >= 4 is 81.6 Å². The van der Waals surface area contributed by atoms with E-state index in [4.69, 9.17) is 14.5 Å². The number of hydrogen-bond acceptors (Lipinski definition) is 16. The topological polar surface area (TPSA) is 228 Å². The molecule has 6 heterocycles. The number of carbonyl (C=O) groups is 6. The molecular weight excluding hydrogens is 1200 g/mol. The molecule has 1 aromatic heterocycles. The number of alkyl halides is 1. The lowest BCUT2D eigenvalue weighted by Crippen LogP contribution is -2.60. The molecule has 0 bridgehead atoms. The van der Waals surface area contributed by atoms with Crippen LogP contribution in [-0.2, 0) is 28.7 Å². The number of rotatable bonds is 22. The van der Waals surface area contributed by atoms with Crippen molar-refractivity contribution in [1.82, 2.24) is 45.4 Å². The van der Waals surface area contributed by atoms with E-state index in [0.29, 0.717) is 61.8 Å². The molecule has 5 aliphatic heterocycles. The number of benzene rings is 1. The Bertz CT molecular complexity index is 2970. The average molecular weight is 1280 g/mol. The molecule has 4 amide bonds. The van der Waals surface area contributed by atoms with Gasteiger partial charge in [0.25, 0.3) is 11.5 Å². The summed E-state index contributed by atoms with van der Waals surface area (Å²) >= 11 is 3.40. The first-order chi connectivity index (χ1) is 39.8. The van der Waals surface area contributed by atoms with Crippen molar-refractivity contribution in [2.24, 2.45) is 10.9 Å². The Kier molecular flexibility index (Phi) is 20.1. The second-order valence-corrected chi connectivity index (χ2v) is 25.8. The highest BCUT2D eigenvalue weighted by Gasteiger charge is 2.49. The number of fused-ring (bicyclic) bond motifs is 1. The van der Waals surface area contributed by atoms with Crippen molar-refractivity contribution in [2.45, 2.75) is 157 Å². The molecule has 20 nitrogen and oxygen atoms in total. The first-order valence-corrected chi connectivity index (χ1v) is 31.6. The maximum Gasteiger partial charge on any atom is 0.263 e. The number of pyridine rings is 1. The van der Waals surface area contributed by atoms with E-state index in [0.717, 1.165) is 81.3 Å². The number of likely N-dealkylation sites (tertiary alicyclic amines) is 1. The van der Waals surface area contributed by atoms with Gasteiger partial charge in [0.1, 0.15) is 28.4 Å². The van der Waals surface area contributed by atoms with Gasteiger partial charge in [0.05, 0.1) is 62.6 Å². The number of ether oxygens (including phenoxy) is 2. The number of ketones is 2. The van der Waals surface area contributed by atoms with Crippen molar-refractivity contribution in [3.8, 4) is 0 Å². The minimum absolute atomic E-state index is 0.0134. The van der Waals surface area contributed by atoms with Crippen LogP contribution in [0.25, 0.3) is 0 Å². The monoisotopic (exact) mass is 1280 g/mol. The Morgan fingerprint density at radius 3 is 2.23 bits per heavy atom. The number of thioether (sulfide) groups is 1. The van der Waals surface area contributed by atoms with Crippen molar-refractivity contribution in [3.63, 3.8) is 0 Å². The van der Waals surface area contributed by atoms with Gasteiger partial charge in [-0.1, -0.05) is 32.1 Å². The van der Waals surface area contributed by atoms with Gasteiger partial charge in [-0.05, 0) is 144 Å². The Hall–Kier alpha value is -5.79. The number of piperazine rings is 1. The maximum atomic E-state index is 14.7. The second kappa shape index (κ2) is 27.1. The van der Waals surface area contributed by atoms with E-state index >= 15 is 0 Å². The predicted octanol–water partition coefficient (Wildman–Crippen LogP) is 6.45. The number of hydrogen-bond donors (Lipinski definition) is 5. The molecule has 83 heavy (non-hydrogen) atoms. The quantitative estimate of drug-likeness (QED) is 0.0281. The molecule has 4 fully saturated rings. The summed E-state index contributed by atoms with van der Waals surface area (Å²) in [4.78, 5) is 106. The molecule has 2 aromatic rings. The van der Waals surface area contributed by atoms with E-state index in [1.807, 2.05) is 59.2 Å². The van der Waals surface area contributed by atoms with Gasteiger partial charge in [0.2, 0.25) is 29.3 Å². The first-order valence-electron chi connectivity index (χ1n) is 29.5. The fourth-order valence-corrected chi connectivity index (χ4v) is 14.4. The van der Waals surface area contributed by atoms with Gasteiger partial charge in [0.15, 0.2) is 9.83 Å². The Labute approximate surface area is 503 Å². The number of amides is 4. The molecule has 6 atom stereocenters. The summed E-state index contributed by atoms with van der Waals surface area (Å²) in [5.41, 5.74) is 3.23. The SMILES string of the molecule is CC(=O)c1c(C)c2c(n(C3CCCC3)c1=O)NC(C)(NC1=CC=C(N3CCN(C(=O)CCOCCOCCC(=O)N(C)C(I)C(=O)N[C@H](C(=O)N4CCC[C@H]4C4(C)NC(C(=O)c5ccc(F)cc5)=CS4)C4CCCCC4)CC3)C(C)N1)N=C2. The molecule has 2 saturated heterocycles. The van der Waals surface area contributed by atoms with E-state index in [9.17, 15) is 38.0 Å². The van der Waals surface area contributed by atoms with E-state index in [1.165, 1.54) is 47.9 Å². The highest BCUT2D eigenvalue weighted by atomic mass is 127. The number of allylic oxidation sites excluding steroid dienone is 3. The summed E-state index contributed by atoms with van der Waals surface area (Å²) in [7, 11) is 1.57.